The van der Waals surface area contributed by atoms with Gasteiger partial charge in [-0.2, -0.15) is 0 Å². The van der Waals surface area contributed by atoms with Crippen LogP contribution in [0.5, 0.6) is 0 Å². The molecule has 1 aliphatic carbocycles. The van der Waals surface area contributed by atoms with Crippen molar-refractivity contribution >= 4 is 0 Å². The van der Waals surface area contributed by atoms with Crippen LogP contribution < -0.4 is 0 Å². The van der Waals surface area contributed by atoms with Gasteiger partial charge >= 0.3 is 0 Å². The highest BCUT2D eigenvalue weighted by molar-refractivity contribution is 4.95. The molecule has 3 fully saturated rings. The van der Waals surface area contributed by atoms with Gasteiger partial charge in [-0.25, -0.2) is 0 Å². The lowest BCUT2D eigenvalue weighted by Gasteiger charge is -2.47. The number of aliphatic hydroxyl groups is 10. The summed E-state index contributed by atoms with van der Waals surface area (Å²) in [6, 6.07) is 0. The summed E-state index contributed by atoms with van der Waals surface area (Å²) in [5, 5.41) is 99.3. The standard InChI is InChI=1S/C18H32O14/c19-3-7-11(24)12(25)14(27)18(30-7)32-16-8(4-20)31-17(15(28)13(16)26)29-6-2-1-5(21)9(22)10(6)23/h5-28H,1-4H2/t5-,6-,7+,8+,9-,10-,11+,12-,13+,14+,15-,16-,17-,18-/m1/s1. The summed E-state index contributed by atoms with van der Waals surface area (Å²) in [6.45, 7) is -1.44. The number of hydrogen-bond acceptors (Lipinski definition) is 14. The fourth-order valence-corrected chi connectivity index (χ4v) is 4.11. The molecule has 0 amide bonds. The van der Waals surface area contributed by atoms with E-state index in [2.05, 4.69) is 0 Å². The molecular formula is C18H32O14. The third-order valence-corrected chi connectivity index (χ3v) is 6.14. The van der Waals surface area contributed by atoms with Gasteiger partial charge in [0.25, 0.3) is 0 Å². The highest BCUT2D eigenvalue weighted by Crippen LogP contribution is 2.32. The smallest absolute Gasteiger partial charge is 0.187 e. The Hall–Kier alpha value is -0.560. The van der Waals surface area contributed by atoms with Gasteiger partial charge in [0.05, 0.1) is 25.4 Å². The maximum absolute atomic E-state index is 10.6. The molecule has 2 aliphatic heterocycles. The van der Waals surface area contributed by atoms with Gasteiger partial charge in [0.1, 0.15) is 61.0 Å². The minimum absolute atomic E-state index is 0.112. The summed E-state index contributed by atoms with van der Waals surface area (Å²) in [5.41, 5.74) is 0. The molecule has 0 aromatic heterocycles. The second-order valence-corrected chi connectivity index (χ2v) is 8.31. The topological polar surface area (TPSA) is 239 Å². The van der Waals surface area contributed by atoms with Crippen molar-refractivity contribution in [1.82, 2.24) is 0 Å². The molecule has 3 rings (SSSR count). The van der Waals surface area contributed by atoms with Gasteiger partial charge in [0.15, 0.2) is 12.6 Å². The van der Waals surface area contributed by atoms with E-state index in [1.807, 2.05) is 0 Å². The highest BCUT2D eigenvalue weighted by Gasteiger charge is 2.51. The van der Waals surface area contributed by atoms with Crippen LogP contribution in [0.4, 0.5) is 0 Å². The maximum Gasteiger partial charge on any atom is 0.187 e. The zero-order valence-electron chi connectivity index (χ0n) is 17.0. The van der Waals surface area contributed by atoms with Crippen LogP contribution in [-0.4, -0.2) is 150 Å². The fraction of sp³-hybridized carbons (Fsp3) is 1.00. The van der Waals surface area contributed by atoms with Crippen molar-refractivity contribution in [3.05, 3.63) is 0 Å². The monoisotopic (exact) mass is 472 g/mol. The molecule has 10 N–H and O–H groups in total. The average Bonchev–Trinajstić information content (AvgIpc) is 2.78. The SMILES string of the molecule is OC[C@@H]1O[C@H](O[C@H]2[C@@H](O)[C@@H](O)[C@H](O[C@@H]3CC[C@@H](O)[C@@H](O)[C@@H]3O)O[C@H]2CO)[C@@H](O)[C@H](O)[C@H]1O. The average molecular weight is 472 g/mol. The highest BCUT2D eigenvalue weighted by atomic mass is 16.7. The van der Waals surface area contributed by atoms with Gasteiger partial charge < -0.3 is 70.0 Å². The van der Waals surface area contributed by atoms with Crippen molar-refractivity contribution in [2.45, 2.75) is 98.7 Å². The minimum Gasteiger partial charge on any atom is -0.394 e. The Bertz CT molecular complexity index is 592. The maximum atomic E-state index is 10.6. The molecule has 0 aromatic rings. The van der Waals surface area contributed by atoms with Gasteiger partial charge in [-0.1, -0.05) is 0 Å². The molecule has 2 saturated heterocycles. The molecule has 14 atom stereocenters. The molecule has 2 heterocycles. The van der Waals surface area contributed by atoms with Gasteiger partial charge in [-0.05, 0) is 12.8 Å². The fourth-order valence-electron chi connectivity index (χ4n) is 4.11. The second kappa shape index (κ2) is 10.8. The van der Waals surface area contributed by atoms with Crippen molar-refractivity contribution in [3.63, 3.8) is 0 Å². The van der Waals surface area contributed by atoms with Crippen LogP contribution in [0.1, 0.15) is 12.8 Å². The first kappa shape index (κ1) is 26.1. The molecule has 0 bridgehead atoms. The van der Waals surface area contributed by atoms with E-state index >= 15 is 0 Å². The zero-order chi connectivity index (χ0) is 23.7. The van der Waals surface area contributed by atoms with E-state index in [9.17, 15) is 51.1 Å². The number of hydrogen-bond donors (Lipinski definition) is 10. The number of rotatable bonds is 6. The normalized spacial score (nSPS) is 52.7. The van der Waals surface area contributed by atoms with Crippen LogP contribution in [0, 0.1) is 0 Å². The van der Waals surface area contributed by atoms with Crippen LogP contribution in [0.3, 0.4) is 0 Å². The Kier molecular flexibility index (Phi) is 8.79. The Labute approximate surface area is 182 Å². The number of aliphatic hydroxyl groups excluding tert-OH is 10. The Balaban J connectivity index is 1.67. The van der Waals surface area contributed by atoms with Crippen LogP contribution in [0.25, 0.3) is 0 Å². The first-order valence-electron chi connectivity index (χ1n) is 10.4. The van der Waals surface area contributed by atoms with Crippen LogP contribution in [0.2, 0.25) is 0 Å². The molecule has 14 heteroatoms. The van der Waals surface area contributed by atoms with Gasteiger partial charge in [-0.15, -0.1) is 0 Å². The third kappa shape index (κ3) is 5.08. The van der Waals surface area contributed by atoms with Gasteiger partial charge in [0.2, 0.25) is 0 Å². The van der Waals surface area contributed by atoms with Crippen molar-refractivity contribution in [1.29, 1.82) is 0 Å². The Morgan fingerprint density at radius 2 is 1.12 bits per heavy atom. The van der Waals surface area contributed by atoms with E-state index < -0.39 is 99.0 Å². The molecule has 0 spiro atoms. The molecule has 1 saturated carbocycles. The lowest BCUT2D eigenvalue weighted by molar-refractivity contribution is -0.366. The molecule has 188 valence electrons. The van der Waals surface area contributed by atoms with E-state index in [1.165, 1.54) is 0 Å². The summed E-state index contributed by atoms with van der Waals surface area (Å²) in [7, 11) is 0. The van der Waals surface area contributed by atoms with Crippen molar-refractivity contribution in [2.24, 2.45) is 0 Å². The van der Waals surface area contributed by atoms with E-state index in [0.29, 0.717) is 0 Å². The summed E-state index contributed by atoms with van der Waals surface area (Å²) in [4.78, 5) is 0. The van der Waals surface area contributed by atoms with E-state index in [1.54, 1.807) is 0 Å². The van der Waals surface area contributed by atoms with Crippen LogP contribution in [-0.2, 0) is 18.9 Å². The molecule has 0 radical (unpaired) electrons. The predicted octanol–water partition coefficient (Wildman–Crippen LogP) is -6.13. The third-order valence-electron chi connectivity index (χ3n) is 6.14. The number of ether oxygens (including phenoxy) is 4. The molecule has 3 aliphatic rings. The zero-order valence-corrected chi connectivity index (χ0v) is 17.0. The van der Waals surface area contributed by atoms with Crippen LogP contribution in [0.15, 0.2) is 0 Å². The quantitative estimate of drug-likeness (QED) is 0.173. The van der Waals surface area contributed by atoms with Crippen LogP contribution >= 0.6 is 0 Å². The first-order chi connectivity index (χ1) is 15.1. The van der Waals surface area contributed by atoms with Crippen molar-refractivity contribution in [3.8, 4) is 0 Å². The molecule has 0 aromatic carbocycles. The Morgan fingerprint density at radius 1 is 0.562 bits per heavy atom. The van der Waals surface area contributed by atoms with Crippen molar-refractivity contribution in [2.75, 3.05) is 13.2 Å². The largest absolute Gasteiger partial charge is 0.394 e. The summed E-state index contributed by atoms with van der Waals surface area (Å²) < 4.78 is 21.6. The molecule has 0 unspecified atom stereocenters. The Morgan fingerprint density at radius 3 is 1.75 bits per heavy atom. The van der Waals surface area contributed by atoms with E-state index in [0.717, 1.165) is 0 Å². The molecular weight excluding hydrogens is 440 g/mol. The summed E-state index contributed by atoms with van der Waals surface area (Å²) >= 11 is 0. The summed E-state index contributed by atoms with van der Waals surface area (Å²) in [5.74, 6) is 0. The summed E-state index contributed by atoms with van der Waals surface area (Å²) in [6.07, 6.45) is -20.8. The molecule has 14 nitrogen and oxygen atoms in total. The minimum atomic E-state index is -1.78. The van der Waals surface area contributed by atoms with Gasteiger partial charge in [0, 0.05) is 0 Å². The predicted molar refractivity (Wildman–Crippen MR) is 98.5 cm³/mol. The van der Waals surface area contributed by atoms with Crippen molar-refractivity contribution < 1.29 is 70.0 Å². The first-order valence-corrected chi connectivity index (χ1v) is 10.4. The lowest BCUT2D eigenvalue weighted by Crippen LogP contribution is -2.65. The van der Waals surface area contributed by atoms with Gasteiger partial charge in [-0.3, -0.25) is 0 Å². The second-order valence-electron chi connectivity index (χ2n) is 8.31. The van der Waals surface area contributed by atoms with E-state index in [-0.39, 0.29) is 12.8 Å². The lowest BCUT2D eigenvalue weighted by atomic mass is 9.89. The van der Waals surface area contributed by atoms with E-state index in [4.69, 9.17) is 18.9 Å². The molecule has 32 heavy (non-hydrogen) atoms.